The van der Waals surface area contributed by atoms with Gasteiger partial charge in [0.25, 0.3) is 0 Å². The lowest BCUT2D eigenvalue weighted by Crippen LogP contribution is -2.33. The van der Waals surface area contributed by atoms with Crippen LogP contribution >= 0.6 is 11.6 Å². The van der Waals surface area contributed by atoms with Crippen molar-refractivity contribution in [1.29, 1.82) is 0 Å². The van der Waals surface area contributed by atoms with Crippen LogP contribution in [-0.2, 0) is 13.1 Å². The predicted molar refractivity (Wildman–Crippen MR) is 118 cm³/mol. The number of ether oxygens (including phenoxy) is 1. The van der Waals surface area contributed by atoms with Crippen molar-refractivity contribution in [2.45, 2.75) is 33.0 Å². The van der Waals surface area contributed by atoms with E-state index in [1.807, 2.05) is 42.9 Å². The van der Waals surface area contributed by atoms with Crippen LogP contribution < -0.4 is 4.74 Å². The SMILES string of the molecule is Cc1nn(Cc2ccccc2Cl)c(C)c1CN(C)CC(O)COc1ccc(O)cc1. The fraction of sp³-hybridized carbons (Fsp3) is 0.348. The van der Waals surface area contributed by atoms with Crippen LogP contribution in [0.5, 0.6) is 11.5 Å². The normalized spacial score (nSPS) is 12.3. The number of aliphatic hydroxyl groups excluding tert-OH is 1. The van der Waals surface area contributed by atoms with Crippen molar-refractivity contribution >= 4 is 11.6 Å². The van der Waals surface area contributed by atoms with Gasteiger partial charge in [0.05, 0.1) is 12.2 Å². The number of phenols is 1. The maximum absolute atomic E-state index is 10.3. The second kappa shape index (κ2) is 9.98. The summed E-state index contributed by atoms with van der Waals surface area (Å²) < 4.78 is 7.56. The molecule has 0 aliphatic carbocycles. The minimum Gasteiger partial charge on any atom is -0.508 e. The van der Waals surface area contributed by atoms with Crippen molar-refractivity contribution in [2.24, 2.45) is 0 Å². The molecule has 0 aliphatic heterocycles. The van der Waals surface area contributed by atoms with Crippen molar-refractivity contribution in [3.05, 3.63) is 76.1 Å². The summed E-state index contributed by atoms with van der Waals surface area (Å²) >= 11 is 6.30. The number of nitrogens with zero attached hydrogens (tertiary/aromatic N) is 3. The van der Waals surface area contributed by atoms with Crippen molar-refractivity contribution < 1.29 is 14.9 Å². The van der Waals surface area contributed by atoms with Gasteiger partial charge in [-0.25, -0.2) is 0 Å². The molecule has 0 fully saturated rings. The van der Waals surface area contributed by atoms with Gasteiger partial charge >= 0.3 is 0 Å². The first-order valence-electron chi connectivity index (χ1n) is 9.88. The maximum Gasteiger partial charge on any atom is 0.119 e. The van der Waals surface area contributed by atoms with Gasteiger partial charge in [0.15, 0.2) is 0 Å². The van der Waals surface area contributed by atoms with Crippen LogP contribution in [0, 0.1) is 13.8 Å². The van der Waals surface area contributed by atoms with E-state index in [-0.39, 0.29) is 12.4 Å². The predicted octanol–water partition coefficient (Wildman–Crippen LogP) is 3.78. The molecule has 1 aromatic heterocycles. The molecule has 1 heterocycles. The molecule has 0 radical (unpaired) electrons. The van der Waals surface area contributed by atoms with E-state index in [9.17, 15) is 10.2 Å². The zero-order chi connectivity index (χ0) is 21.7. The molecule has 0 spiro atoms. The van der Waals surface area contributed by atoms with E-state index in [1.165, 1.54) is 0 Å². The van der Waals surface area contributed by atoms with Crippen molar-refractivity contribution in [3.63, 3.8) is 0 Å². The van der Waals surface area contributed by atoms with Crippen LogP contribution in [0.2, 0.25) is 5.02 Å². The number of aliphatic hydroxyl groups is 1. The number of hydrogen-bond acceptors (Lipinski definition) is 5. The third-order valence-corrected chi connectivity index (χ3v) is 5.41. The summed E-state index contributed by atoms with van der Waals surface area (Å²) in [5.41, 5.74) is 4.25. The Kier molecular flexibility index (Phi) is 7.37. The van der Waals surface area contributed by atoms with Crippen molar-refractivity contribution in [3.8, 4) is 11.5 Å². The first-order valence-corrected chi connectivity index (χ1v) is 10.3. The van der Waals surface area contributed by atoms with Crippen molar-refractivity contribution in [2.75, 3.05) is 20.2 Å². The minimum atomic E-state index is -0.636. The van der Waals surface area contributed by atoms with Gasteiger partial charge in [-0.05, 0) is 56.8 Å². The number of likely N-dealkylation sites (N-methyl/N-ethyl adjacent to an activating group) is 1. The standard InChI is InChI=1S/C23H28ClN3O3/c1-16-22(17(2)27(25-16)12-18-6-4-5-7-23(18)24)14-26(3)13-20(29)15-30-21-10-8-19(28)9-11-21/h4-11,20,28-29H,12-15H2,1-3H3. The molecular formula is C23H28ClN3O3. The van der Waals surface area contributed by atoms with Gasteiger partial charge in [-0.3, -0.25) is 9.58 Å². The summed E-state index contributed by atoms with van der Waals surface area (Å²) in [6.07, 6.45) is -0.636. The smallest absolute Gasteiger partial charge is 0.119 e. The molecule has 2 aromatic carbocycles. The minimum absolute atomic E-state index is 0.179. The molecule has 160 valence electrons. The number of rotatable bonds is 9. The second-order valence-corrected chi connectivity index (χ2v) is 7.96. The average Bonchev–Trinajstić information content (AvgIpc) is 2.96. The van der Waals surface area contributed by atoms with E-state index in [4.69, 9.17) is 16.3 Å². The molecule has 2 N–H and O–H groups in total. The van der Waals surface area contributed by atoms with E-state index >= 15 is 0 Å². The molecule has 0 saturated carbocycles. The average molecular weight is 430 g/mol. The van der Waals surface area contributed by atoms with Crippen LogP contribution in [-0.4, -0.2) is 51.2 Å². The summed E-state index contributed by atoms with van der Waals surface area (Å²) in [6.45, 7) is 6.01. The van der Waals surface area contributed by atoms with Gasteiger partial charge in [-0.2, -0.15) is 5.10 Å². The fourth-order valence-electron chi connectivity index (χ4n) is 3.39. The molecule has 0 saturated heterocycles. The highest BCUT2D eigenvalue weighted by Crippen LogP contribution is 2.21. The molecule has 3 aromatic rings. The molecule has 6 nitrogen and oxygen atoms in total. The number of aryl methyl sites for hydroxylation is 1. The first-order chi connectivity index (χ1) is 14.3. The molecule has 1 unspecified atom stereocenters. The Balaban J connectivity index is 1.56. The Morgan fingerprint density at radius 1 is 1.13 bits per heavy atom. The lowest BCUT2D eigenvalue weighted by Gasteiger charge is -2.21. The fourth-order valence-corrected chi connectivity index (χ4v) is 3.58. The Hall–Kier alpha value is -2.54. The third kappa shape index (κ3) is 5.75. The van der Waals surface area contributed by atoms with Gasteiger partial charge in [0, 0.05) is 29.4 Å². The Labute approximate surface area is 182 Å². The molecule has 1 atom stereocenters. The maximum atomic E-state index is 10.3. The number of phenolic OH excluding ortho intramolecular Hbond substituents is 1. The quantitative estimate of drug-likeness (QED) is 0.541. The summed E-state index contributed by atoms with van der Waals surface area (Å²) in [5.74, 6) is 0.797. The lowest BCUT2D eigenvalue weighted by molar-refractivity contribution is 0.0742. The Bertz CT molecular complexity index is 972. The molecule has 30 heavy (non-hydrogen) atoms. The van der Waals surface area contributed by atoms with E-state index in [1.54, 1.807) is 24.3 Å². The van der Waals surface area contributed by atoms with E-state index in [2.05, 4.69) is 16.9 Å². The highest BCUT2D eigenvalue weighted by molar-refractivity contribution is 6.31. The Morgan fingerprint density at radius 2 is 1.83 bits per heavy atom. The number of aromatic nitrogens is 2. The molecule has 0 amide bonds. The highest BCUT2D eigenvalue weighted by Gasteiger charge is 2.16. The molecule has 0 aliphatic rings. The van der Waals surface area contributed by atoms with Gasteiger partial charge in [0.2, 0.25) is 0 Å². The highest BCUT2D eigenvalue weighted by atomic mass is 35.5. The summed E-state index contributed by atoms with van der Waals surface area (Å²) in [5, 5.41) is 25.1. The summed E-state index contributed by atoms with van der Waals surface area (Å²) in [7, 11) is 1.97. The first kappa shape index (κ1) is 22.2. The monoisotopic (exact) mass is 429 g/mol. The van der Waals surface area contributed by atoms with E-state index < -0.39 is 6.10 Å². The summed E-state index contributed by atoms with van der Waals surface area (Å²) in [4.78, 5) is 2.06. The second-order valence-electron chi connectivity index (χ2n) is 7.55. The largest absolute Gasteiger partial charge is 0.508 e. The number of hydrogen-bond donors (Lipinski definition) is 2. The zero-order valence-corrected chi connectivity index (χ0v) is 18.3. The molecule has 0 bridgehead atoms. The van der Waals surface area contributed by atoms with Gasteiger partial charge in [-0.1, -0.05) is 29.8 Å². The van der Waals surface area contributed by atoms with E-state index in [0.717, 1.165) is 27.5 Å². The summed E-state index contributed by atoms with van der Waals surface area (Å²) in [6, 6.07) is 14.2. The molecular weight excluding hydrogens is 402 g/mol. The van der Waals surface area contributed by atoms with Crippen LogP contribution in [0.3, 0.4) is 0 Å². The Morgan fingerprint density at radius 3 is 2.53 bits per heavy atom. The molecule has 7 heteroatoms. The number of aromatic hydroxyl groups is 1. The van der Waals surface area contributed by atoms with Crippen LogP contribution in [0.4, 0.5) is 0 Å². The van der Waals surface area contributed by atoms with Crippen LogP contribution in [0.25, 0.3) is 0 Å². The third-order valence-electron chi connectivity index (χ3n) is 5.04. The van der Waals surface area contributed by atoms with E-state index in [0.29, 0.717) is 25.4 Å². The molecule has 3 rings (SSSR count). The lowest BCUT2D eigenvalue weighted by atomic mass is 10.1. The van der Waals surface area contributed by atoms with Crippen LogP contribution in [0.1, 0.15) is 22.5 Å². The van der Waals surface area contributed by atoms with Crippen LogP contribution in [0.15, 0.2) is 48.5 Å². The van der Waals surface area contributed by atoms with Crippen molar-refractivity contribution in [1.82, 2.24) is 14.7 Å². The topological polar surface area (TPSA) is 70.8 Å². The van der Waals surface area contributed by atoms with Gasteiger partial charge in [0.1, 0.15) is 24.2 Å². The van der Waals surface area contributed by atoms with Gasteiger partial charge in [-0.15, -0.1) is 0 Å². The zero-order valence-electron chi connectivity index (χ0n) is 17.5. The number of halogens is 1. The van der Waals surface area contributed by atoms with Gasteiger partial charge < -0.3 is 14.9 Å². The number of benzene rings is 2.